The van der Waals surface area contributed by atoms with Gasteiger partial charge in [0.25, 0.3) is 0 Å². The third-order valence-electron chi connectivity index (χ3n) is 10.8. The molecule has 6 atom stereocenters. The molecule has 1 aliphatic rings. The van der Waals surface area contributed by atoms with E-state index in [1.165, 1.54) is 161 Å². The van der Waals surface area contributed by atoms with E-state index in [0.29, 0.717) is 13.0 Å². The number of aliphatic hydroxyl groups excluding tert-OH is 4. The first-order valence-corrected chi connectivity index (χ1v) is 22.6. The van der Waals surface area contributed by atoms with Crippen molar-refractivity contribution in [3.8, 4) is 0 Å². The molecule has 0 radical (unpaired) electrons. The van der Waals surface area contributed by atoms with Gasteiger partial charge in [0.1, 0.15) is 30.5 Å². The standard InChI is InChI=1S/C44H86O9/c1-3-5-7-9-11-13-15-16-17-18-19-20-21-22-24-26-28-30-32-34-50-36-38(37-51-44-43(49)42(48)41(47)39(35-45)53-44)52-40(46)33-31-29-27-25-23-14-12-10-8-6-4-2/h38-39,41-45,47-49H,3-37H2,1-2H3. The third kappa shape index (κ3) is 28.3. The molecule has 0 aromatic carbocycles. The average molecular weight is 759 g/mol. The van der Waals surface area contributed by atoms with Crippen molar-refractivity contribution in [3.05, 3.63) is 0 Å². The number of rotatable bonds is 39. The van der Waals surface area contributed by atoms with E-state index < -0.39 is 43.4 Å². The second kappa shape index (κ2) is 36.8. The molecule has 0 bridgehead atoms. The molecule has 9 heteroatoms. The molecular formula is C44H86O9. The maximum Gasteiger partial charge on any atom is 0.306 e. The van der Waals surface area contributed by atoms with Crippen molar-refractivity contribution in [2.75, 3.05) is 26.4 Å². The van der Waals surface area contributed by atoms with E-state index in [9.17, 15) is 25.2 Å². The Hall–Kier alpha value is -0.810. The van der Waals surface area contributed by atoms with Crippen molar-refractivity contribution < 1.29 is 44.2 Å². The molecule has 0 spiro atoms. The van der Waals surface area contributed by atoms with Crippen LogP contribution in [0.15, 0.2) is 0 Å². The second-order valence-electron chi connectivity index (χ2n) is 15.9. The molecule has 53 heavy (non-hydrogen) atoms. The number of hydrogen-bond donors (Lipinski definition) is 4. The molecule has 1 aliphatic heterocycles. The number of carbonyl (C=O) groups is 1. The van der Waals surface area contributed by atoms with E-state index in [1.807, 2.05) is 0 Å². The normalized spacial score (nSPS) is 20.9. The molecule has 316 valence electrons. The van der Waals surface area contributed by atoms with Gasteiger partial charge in [-0.3, -0.25) is 4.79 Å². The average Bonchev–Trinajstić information content (AvgIpc) is 3.16. The summed E-state index contributed by atoms with van der Waals surface area (Å²) in [5.41, 5.74) is 0. The molecule has 0 aromatic rings. The van der Waals surface area contributed by atoms with Gasteiger partial charge in [0.2, 0.25) is 0 Å². The van der Waals surface area contributed by atoms with Crippen LogP contribution in [0.2, 0.25) is 0 Å². The SMILES string of the molecule is CCCCCCCCCCCCCCCCCCCCCOCC(COC1OC(CO)C(O)C(O)C1O)OC(=O)CCCCCCCCCCCCC. The van der Waals surface area contributed by atoms with Gasteiger partial charge in [0.15, 0.2) is 6.29 Å². The maximum atomic E-state index is 12.7. The van der Waals surface area contributed by atoms with Crippen LogP contribution < -0.4 is 0 Å². The Morgan fingerprint density at radius 2 is 0.925 bits per heavy atom. The number of ether oxygens (including phenoxy) is 4. The fourth-order valence-corrected chi connectivity index (χ4v) is 7.20. The van der Waals surface area contributed by atoms with Gasteiger partial charge in [-0.05, 0) is 12.8 Å². The first kappa shape index (κ1) is 50.2. The van der Waals surface area contributed by atoms with Crippen molar-refractivity contribution in [2.24, 2.45) is 0 Å². The van der Waals surface area contributed by atoms with Crippen molar-refractivity contribution >= 4 is 5.97 Å². The molecule has 0 amide bonds. The van der Waals surface area contributed by atoms with Crippen molar-refractivity contribution in [2.45, 2.75) is 250 Å². The van der Waals surface area contributed by atoms with Gasteiger partial charge in [-0.2, -0.15) is 0 Å². The maximum absolute atomic E-state index is 12.7. The summed E-state index contributed by atoms with van der Waals surface area (Å²) in [6.45, 7) is 4.59. The molecule has 1 fully saturated rings. The van der Waals surface area contributed by atoms with E-state index in [1.54, 1.807) is 0 Å². The van der Waals surface area contributed by atoms with Crippen LogP contribution in [-0.4, -0.2) is 89.6 Å². The highest BCUT2D eigenvalue weighted by atomic mass is 16.7. The molecule has 1 rings (SSSR count). The number of hydrogen-bond acceptors (Lipinski definition) is 9. The van der Waals surface area contributed by atoms with E-state index in [0.717, 1.165) is 32.1 Å². The monoisotopic (exact) mass is 759 g/mol. The lowest BCUT2D eigenvalue weighted by Crippen LogP contribution is -2.59. The minimum atomic E-state index is -1.53. The quantitative estimate of drug-likeness (QED) is 0.0357. The van der Waals surface area contributed by atoms with Crippen LogP contribution in [0.25, 0.3) is 0 Å². The fourth-order valence-electron chi connectivity index (χ4n) is 7.20. The lowest BCUT2D eigenvalue weighted by Gasteiger charge is -2.39. The van der Waals surface area contributed by atoms with Crippen molar-refractivity contribution in [1.29, 1.82) is 0 Å². The van der Waals surface area contributed by atoms with Crippen LogP contribution in [0.4, 0.5) is 0 Å². The highest BCUT2D eigenvalue weighted by molar-refractivity contribution is 5.69. The van der Waals surface area contributed by atoms with E-state index >= 15 is 0 Å². The Morgan fingerprint density at radius 3 is 1.34 bits per heavy atom. The van der Waals surface area contributed by atoms with Crippen LogP contribution in [0, 0.1) is 0 Å². The highest BCUT2D eigenvalue weighted by Crippen LogP contribution is 2.23. The van der Waals surface area contributed by atoms with Crippen LogP contribution in [0.3, 0.4) is 0 Å². The molecule has 9 nitrogen and oxygen atoms in total. The summed E-state index contributed by atoms with van der Waals surface area (Å²) in [4.78, 5) is 12.7. The van der Waals surface area contributed by atoms with Gasteiger partial charge in [0.05, 0.1) is 19.8 Å². The zero-order valence-corrected chi connectivity index (χ0v) is 34.5. The highest BCUT2D eigenvalue weighted by Gasteiger charge is 2.44. The fraction of sp³-hybridized carbons (Fsp3) is 0.977. The van der Waals surface area contributed by atoms with Gasteiger partial charge in [-0.1, -0.05) is 194 Å². The van der Waals surface area contributed by atoms with Crippen molar-refractivity contribution in [1.82, 2.24) is 0 Å². The van der Waals surface area contributed by atoms with Crippen LogP contribution in [-0.2, 0) is 23.7 Å². The van der Waals surface area contributed by atoms with Crippen molar-refractivity contribution in [3.63, 3.8) is 0 Å². The van der Waals surface area contributed by atoms with Crippen LogP contribution in [0.5, 0.6) is 0 Å². The number of esters is 1. The number of carbonyl (C=O) groups excluding carboxylic acids is 1. The molecule has 1 heterocycles. The number of aliphatic hydroxyl groups is 4. The topological polar surface area (TPSA) is 135 Å². The van der Waals surface area contributed by atoms with Crippen LogP contribution >= 0.6 is 0 Å². The Morgan fingerprint density at radius 1 is 0.528 bits per heavy atom. The van der Waals surface area contributed by atoms with Gasteiger partial charge < -0.3 is 39.4 Å². The largest absolute Gasteiger partial charge is 0.457 e. The van der Waals surface area contributed by atoms with Crippen LogP contribution in [0.1, 0.15) is 213 Å². The molecule has 4 N–H and O–H groups in total. The Balaban J connectivity index is 2.21. The van der Waals surface area contributed by atoms with Gasteiger partial charge in [0, 0.05) is 13.0 Å². The molecule has 1 saturated heterocycles. The van der Waals surface area contributed by atoms with Gasteiger partial charge >= 0.3 is 5.97 Å². The summed E-state index contributed by atoms with van der Waals surface area (Å²) in [5, 5.41) is 40.0. The number of unbranched alkanes of at least 4 members (excludes halogenated alkanes) is 28. The Kier molecular flexibility index (Phi) is 34.9. The first-order chi connectivity index (χ1) is 25.9. The molecule has 6 unspecified atom stereocenters. The summed E-state index contributed by atoms with van der Waals surface area (Å²) >= 11 is 0. The molecule has 0 aromatic heterocycles. The molecular weight excluding hydrogens is 672 g/mol. The molecule has 0 saturated carbocycles. The molecule has 0 aliphatic carbocycles. The second-order valence-corrected chi connectivity index (χ2v) is 15.9. The van der Waals surface area contributed by atoms with Gasteiger partial charge in [-0.15, -0.1) is 0 Å². The zero-order valence-electron chi connectivity index (χ0n) is 34.5. The first-order valence-electron chi connectivity index (χ1n) is 22.6. The summed E-state index contributed by atoms with van der Waals surface area (Å²) < 4.78 is 22.8. The minimum Gasteiger partial charge on any atom is -0.457 e. The third-order valence-corrected chi connectivity index (χ3v) is 10.8. The Labute approximate surface area is 325 Å². The van der Waals surface area contributed by atoms with E-state index in [4.69, 9.17) is 18.9 Å². The lowest BCUT2D eigenvalue weighted by atomic mass is 9.99. The lowest BCUT2D eigenvalue weighted by molar-refractivity contribution is -0.305. The summed E-state index contributed by atoms with van der Waals surface area (Å²) in [6, 6.07) is 0. The predicted octanol–water partition coefficient (Wildman–Crippen LogP) is 9.86. The zero-order chi connectivity index (χ0) is 38.6. The summed E-state index contributed by atoms with van der Waals surface area (Å²) in [5.74, 6) is -0.310. The summed E-state index contributed by atoms with van der Waals surface area (Å²) in [6.07, 6.45) is 31.3. The van der Waals surface area contributed by atoms with E-state index in [2.05, 4.69) is 13.8 Å². The predicted molar refractivity (Wildman–Crippen MR) is 215 cm³/mol. The smallest absolute Gasteiger partial charge is 0.306 e. The Bertz CT molecular complexity index is 782. The van der Waals surface area contributed by atoms with Gasteiger partial charge in [-0.25, -0.2) is 0 Å². The summed E-state index contributed by atoms with van der Waals surface area (Å²) in [7, 11) is 0. The van der Waals surface area contributed by atoms with E-state index in [-0.39, 0.29) is 19.2 Å². The minimum absolute atomic E-state index is 0.105.